The first kappa shape index (κ1) is 26.6. The molecule has 1 aromatic carbocycles. The van der Waals surface area contributed by atoms with Crippen LogP contribution in [0.2, 0.25) is 0 Å². The van der Waals surface area contributed by atoms with Crippen LogP contribution >= 0.6 is 24.0 Å². The average molecular weight is 555 g/mol. The number of furan rings is 1. The molecule has 0 aliphatic rings. The average Bonchev–Trinajstić information content (AvgIpc) is 3.08. The van der Waals surface area contributed by atoms with Crippen LogP contribution in [-0.4, -0.2) is 38.4 Å². The summed E-state index contributed by atoms with van der Waals surface area (Å²) >= 11 is 0. The molecule has 0 saturated heterocycles. The van der Waals surface area contributed by atoms with Crippen LogP contribution in [0.25, 0.3) is 0 Å². The number of alkyl halides is 3. The topological polar surface area (TPSA) is 85.1 Å². The van der Waals surface area contributed by atoms with E-state index in [0.717, 1.165) is 5.56 Å². The third-order valence-corrected chi connectivity index (χ3v) is 3.89. The summed E-state index contributed by atoms with van der Waals surface area (Å²) in [6.07, 6.45) is -4.38. The van der Waals surface area contributed by atoms with Crippen molar-refractivity contribution in [2.75, 3.05) is 20.3 Å². The summed E-state index contributed by atoms with van der Waals surface area (Å²) in [4.78, 5) is 16.1. The zero-order valence-electron chi connectivity index (χ0n) is 17.3. The molecule has 1 aromatic heterocycles. The molecule has 2 rings (SSSR count). The van der Waals surface area contributed by atoms with Crippen molar-refractivity contribution in [3.8, 4) is 5.75 Å². The van der Waals surface area contributed by atoms with Crippen molar-refractivity contribution in [1.82, 2.24) is 10.6 Å². The Kier molecular flexibility index (Phi) is 10.7. The number of methoxy groups -OCH3 is 1. The van der Waals surface area contributed by atoms with E-state index in [2.05, 4.69) is 20.4 Å². The maximum atomic E-state index is 12.2. The number of ether oxygens (including phenoxy) is 2. The molecule has 0 spiro atoms. The number of aryl methyl sites for hydroxylation is 1. The highest BCUT2D eigenvalue weighted by atomic mass is 127. The molecule has 2 aromatic rings. The van der Waals surface area contributed by atoms with Crippen molar-refractivity contribution < 1.29 is 31.9 Å². The second-order valence-electron chi connectivity index (χ2n) is 6.27. The number of esters is 1. The van der Waals surface area contributed by atoms with Gasteiger partial charge >= 0.3 is 12.1 Å². The van der Waals surface area contributed by atoms with E-state index >= 15 is 0 Å². The molecule has 0 fully saturated rings. The number of carbonyl (C=O) groups excluding carboxylic acids is 1. The Morgan fingerprint density at radius 3 is 2.45 bits per heavy atom. The third kappa shape index (κ3) is 9.07. The Labute approximate surface area is 195 Å². The van der Waals surface area contributed by atoms with E-state index in [1.807, 2.05) is 6.92 Å². The predicted octanol–water partition coefficient (Wildman–Crippen LogP) is 4.19. The Bertz CT molecular complexity index is 868. The van der Waals surface area contributed by atoms with Gasteiger partial charge in [0.05, 0.1) is 20.2 Å². The number of hydrogen-bond acceptors (Lipinski definition) is 5. The summed E-state index contributed by atoms with van der Waals surface area (Å²) in [6, 6.07) is 7.85. The fraction of sp³-hybridized carbons (Fsp3) is 0.400. The van der Waals surface area contributed by atoms with Gasteiger partial charge in [0.15, 0.2) is 12.6 Å². The fourth-order valence-corrected chi connectivity index (χ4v) is 2.48. The van der Waals surface area contributed by atoms with E-state index in [4.69, 9.17) is 9.15 Å². The summed E-state index contributed by atoms with van der Waals surface area (Å²) in [6.45, 7) is 3.49. The van der Waals surface area contributed by atoms with Gasteiger partial charge in [0.25, 0.3) is 0 Å². The van der Waals surface area contributed by atoms with Crippen molar-refractivity contribution in [1.29, 1.82) is 0 Å². The number of guanidine groups is 1. The Morgan fingerprint density at radius 1 is 1.19 bits per heavy atom. The van der Waals surface area contributed by atoms with E-state index in [1.165, 1.54) is 19.2 Å². The second kappa shape index (κ2) is 12.4. The van der Waals surface area contributed by atoms with E-state index in [1.54, 1.807) is 25.1 Å². The second-order valence-corrected chi connectivity index (χ2v) is 6.27. The third-order valence-electron chi connectivity index (χ3n) is 3.89. The molecular weight excluding hydrogens is 530 g/mol. The number of carbonyl (C=O) groups is 1. The number of nitrogens with one attached hydrogen (secondary N) is 2. The van der Waals surface area contributed by atoms with Gasteiger partial charge in [-0.05, 0) is 37.6 Å². The molecule has 0 aliphatic heterocycles. The Hall–Kier alpha value is -2.44. The minimum absolute atomic E-state index is 0. The monoisotopic (exact) mass is 555 g/mol. The summed E-state index contributed by atoms with van der Waals surface area (Å²) in [5.41, 5.74) is 1.16. The van der Waals surface area contributed by atoms with Crippen molar-refractivity contribution in [3.63, 3.8) is 0 Å². The van der Waals surface area contributed by atoms with Crippen molar-refractivity contribution in [3.05, 3.63) is 53.0 Å². The Balaban J connectivity index is 0.00000480. The number of hydrogen-bond donors (Lipinski definition) is 2. The predicted molar refractivity (Wildman–Crippen MR) is 120 cm³/mol. The highest BCUT2D eigenvalue weighted by Crippen LogP contribution is 2.19. The number of nitrogens with zero attached hydrogens (tertiary/aromatic N) is 1. The van der Waals surface area contributed by atoms with Crippen LogP contribution in [0.4, 0.5) is 13.2 Å². The molecule has 0 atom stereocenters. The molecule has 31 heavy (non-hydrogen) atoms. The van der Waals surface area contributed by atoms with Crippen LogP contribution in [0.1, 0.15) is 34.4 Å². The van der Waals surface area contributed by atoms with Gasteiger partial charge in [0.2, 0.25) is 0 Å². The molecule has 1 heterocycles. The largest absolute Gasteiger partial charge is 0.484 e. The first-order chi connectivity index (χ1) is 14.2. The standard InChI is InChI=1S/C20H24F3N3O4.HI/c1-4-24-19(26-11-16-9-17(13(2)30-16)18(27)28-3)25-10-14-5-7-15(8-6-14)29-12-20(21,22)23;/h5-9H,4,10-12H2,1-3H3,(H2,24,25,26);1H. The minimum atomic E-state index is -4.38. The summed E-state index contributed by atoms with van der Waals surface area (Å²) in [7, 11) is 1.30. The number of halogens is 4. The quantitative estimate of drug-likeness (QED) is 0.220. The van der Waals surface area contributed by atoms with Crippen molar-refractivity contribution >= 4 is 35.9 Å². The van der Waals surface area contributed by atoms with Gasteiger partial charge in [-0.3, -0.25) is 0 Å². The van der Waals surface area contributed by atoms with Crippen LogP contribution in [0.3, 0.4) is 0 Å². The maximum Gasteiger partial charge on any atom is 0.422 e. The van der Waals surface area contributed by atoms with Gasteiger partial charge in [-0.25, -0.2) is 9.79 Å². The molecule has 0 radical (unpaired) electrons. The summed E-state index contributed by atoms with van der Waals surface area (Å²) in [5, 5.41) is 6.18. The Morgan fingerprint density at radius 2 is 1.87 bits per heavy atom. The van der Waals surface area contributed by atoms with Gasteiger partial charge in [0, 0.05) is 6.54 Å². The molecule has 0 bridgehead atoms. The zero-order chi connectivity index (χ0) is 22.1. The lowest BCUT2D eigenvalue weighted by atomic mass is 10.2. The van der Waals surface area contributed by atoms with E-state index in [9.17, 15) is 18.0 Å². The highest BCUT2D eigenvalue weighted by molar-refractivity contribution is 14.0. The van der Waals surface area contributed by atoms with Crippen LogP contribution in [0.15, 0.2) is 39.7 Å². The van der Waals surface area contributed by atoms with Gasteiger partial charge < -0.3 is 24.5 Å². The molecule has 7 nitrogen and oxygen atoms in total. The zero-order valence-corrected chi connectivity index (χ0v) is 19.7. The molecule has 0 unspecified atom stereocenters. The van der Waals surface area contributed by atoms with Crippen LogP contribution in [0.5, 0.6) is 5.75 Å². The number of aliphatic imine (C=N–C) groups is 1. The summed E-state index contributed by atoms with van der Waals surface area (Å²) < 4.78 is 51.5. The van der Waals surface area contributed by atoms with Crippen LogP contribution in [0, 0.1) is 6.92 Å². The minimum Gasteiger partial charge on any atom is -0.484 e. The molecule has 172 valence electrons. The van der Waals surface area contributed by atoms with Crippen molar-refractivity contribution in [2.24, 2.45) is 4.99 Å². The molecular formula is C20H25F3IN3O4. The van der Waals surface area contributed by atoms with E-state index < -0.39 is 18.8 Å². The van der Waals surface area contributed by atoms with Gasteiger partial charge in [-0.2, -0.15) is 13.2 Å². The SMILES string of the molecule is CCNC(=NCc1ccc(OCC(F)(F)F)cc1)NCc1cc(C(=O)OC)c(C)o1.I. The lowest BCUT2D eigenvalue weighted by Gasteiger charge is -2.11. The first-order valence-electron chi connectivity index (χ1n) is 9.20. The smallest absolute Gasteiger partial charge is 0.422 e. The normalized spacial score (nSPS) is 11.5. The number of benzene rings is 1. The molecule has 0 aliphatic carbocycles. The van der Waals surface area contributed by atoms with E-state index in [-0.39, 0.29) is 29.7 Å². The lowest BCUT2D eigenvalue weighted by molar-refractivity contribution is -0.153. The lowest BCUT2D eigenvalue weighted by Crippen LogP contribution is -2.36. The number of rotatable bonds is 8. The first-order valence-corrected chi connectivity index (χ1v) is 9.20. The highest BCUT2D eigenvalue weighted by Gasteiger charge is 2.28. The molecule has 0 amide bonds. The fourth-order valence-electron chi connectivity index (χ4n) is 2.48. The van der Waals surface area contributed by atoms with Gasteiger partial charge in [-0.1, -0.05) is 12.1 Å². The van der Waals surface area contributed by atoms with Crippen LogP contribution in [-0.2, 0) is 17.8 Å². The summed E-state index contributed by atoms with van der Waals surface area (Å²) in [5.74, 6) is 1.20. The van der Waals surface area contributed by atoms with Gasteiger partial charge in [0.1, 0.15) is 22.8 Å². The van der Waals surface area contributed by atoms with E-state index in [0.29, 0.717) is 42.7 Å². The van der Waals surface area contributed by atoms with Crippen LogP contribution < -0.4 is 15.4 Å². The molecule has 2 N–H and O–H groups in total. The van der Waals surface area contributed by atoms with Gasteiger partial charge in [-0.15, -0.1) is 24.0 Å². The molecule has 11 heteroatoms. The van der Waals surface area contributed by atoms with Crippen molar-refractivity contribution in [2.45, 2.75) is 33.1 Å². The maximum absolute atomic E-state index is 12.2. The molecule has 0 saturated carbocycles.